The molecule has 0 saturated carbocycles. The number of carbonyl (C=O) groups excluding carboxylic acids is 1. The largest absolute Gasteiger partial charge is 0.478 e. The number of carbonyl (C=O) groups is 1. The molecule has 0 aliphatic rings. The second kappa shape index (κ2) is 8.31. The van der Waals surface area contributed by atoms with Gasteiger partial charge in [-0.2, -0.15) is 0 Å². The summed E-state index contributed by atoms with van der Waals surface area (Å²) in [5.41, 5.74) is -0.606. The van der Waals surface area contributed by atoms with Crippen LogP contribution >= 0.6 is 15.9 Å². The van der Waals surface area contributed by atoms with Crippen LogP contribution in [0.15, 0.2) is 22.8 Å². The molecular weight excluding hydrogens is 355 g/mol. The normalized spacial score (nSPS) is 14.1. The Morgan fingerprint density at radius 1 is 1.50 bits per heavy atom. The van der Waals surface area contributed by atoms with Crippen LogP contribution < -0.4 is 10.1 Å². The van der Waals surface area contributed by atoms with Crippen molar-refractivity contribution in [3.8, 4) is 5.88 Å². The van der Waals surface area contributed by atoms with E-state index in [1.54, 1.807) is 46.0 Å². The zero-order valence-electron chi connectivity index (χ0n) is 13.2. The highest BCUT2D eigenvalue weighted by molar-refractivity contribution is 9.10. The Balaban J connectivity index is 2.32. The van der Waals surface area contributed by atoms with Crippen molar-refractivity contribution in [3.05, 3.63) is 22.8 Å². The molecular formula is C15H22BrFN2O3. The second-order valence-corrected chi connectivity index (χ2v) is 6.82. The fraction of sp³-hybridized carbons (Fsp3) is 0.600. The third-order valence-corrected chi connectivity index (χ3v) is 3.12. The van der Waals surface area contributed by atoms with Gasteiger partial charge in [0, 0.05) is 23.2 Å². The van der Waals surface area contributed by atoms with Crippen molar-refractivity contribution in [2.75, 3.05) is 6.61 Å². The van der Waals surface area contributed by atoms with Gasteiger partial charge in [-0.25, -0.2) is 14.2 Å². The van der Waals surface area contributed by atoms with Gasteiger partial charge >= 0.3 is 6.09 Å². The Morgan fingerprint density at radius 2 is 2.18 bits per heavy atom. The molecule has 0 fully saturated rings. The van der Waals surface area contributed by atoms with Crippen LogP contribution in [0, 0.1) is 0 Å². The maximum absolute atomic E-state index is 14.0. The van der Waals surface area contributed by atoms with Gasteiger partial charge in [0.1, 0.15) is 11.8 Å². The summed E-state index contributed by atoms with van der Waals surface area (Å²) >= 11 is 3.30. The zero-order chi connectivity index (χ0) is 16.8. The first-order valence-corrected chi connectivity index (χ1v) is 7.84. The fourth-order valence-electron chi connectivity index (χ4n) is 1.57. The van der Waals surface area contributed by atoms with E-state index in [1.807, 2.05) is 0 Å². The molecule has 2 atom stereocenters. The molecule has 1 aromatic heterocycles. The summed E-state index contributed by atoms with van der Waals surface area (Å²) in [5, 5.41) is 2.48. The van der Waals surface area contributed by atoms with E-state index < -0.39 is 23.9 Å². The van der Waals surface area contributed by atoms with E-state index in [0.717, 1.165) is 4.47 Å². The Kier molecular flexibility index (Phi) is 7.06. The van der Waals surface area contributed by atoms with Gasteiger partial charge in [0.25, 0.3) is 0 Å². The average molecular weight is 377 g/mol. The van der Waals surface area contributed by atoms with Crippen LogP contribution in [0.1, 0.15) is 34.1 Å². The van der Waals surface area contributed by atoms with Crippen molar-refractivity contribution < 1.29 is 18.7 Å². The second-order valence-electron chi connectivity index (χ2n) is 5.90. The standard InChI is InChI=1S/C15H22BrFN2O3/c1-10(19-14(20)22-15(2,3)4)12(17)6-8-21-13-9-11(16)5-7-18-13/h5,7,9-10,12H,6,8H2,1-4H3,(H,19,20)/t10-,12?/m0/s1. The highest BCUT2D eigenvalue weighted by Crippen LogP contribution is 2.15. The first-order valence-electron chi connectivity index (χ1n) is 7.05. The monoisotopic (exact) mass is 376 g/mol. The van der Waals surface area contributed by atoms with Crippen LogP contribution in [-0.2, 0) is 4.74 Å². The molecule has 1 aromatic rings. The van der Waals surface area contributed by atoms with Gasteiger partial charge in [0.2, 0.25) is 5.88 Å². The molecule has 1 unspecified atom stereocenters. The number of nitrogens with zero attached hydrogens (tertiary/aromatic N) is 1. The van der Waals surface area contributed by atoms with Crippen molar-refractivity contribution in [2.45, 2.75) is 51.9 Å². The lowest BCUT2D eigenvalue weighted by atomic mass is 10.1. The summed E-state index contributed by atoms with van der Waals surface area (Å²) < 4.78 is 25.3. The van der Waals surface area contributed by atoms with Gasteiger partial charge in [-0.05, 0) is 33.8 Å². The maximum atomic E-state index is 14.0. The molecule has 7 heteroatoms. The van der Waals surface area contributed by atoms with Gasteiger partial charge in [-0.1, -0.05) is 15.9 Å². The Labute approximate surface area is 138 Å². The van der Waals surface area contributed by atoms with Gasteiger partial charge in [-0.3, -0.25) is 0 Å². The van der Waals surface area contributed by atoms with Crippen LogP contribution in [0.4, 0.5) is 9.18 Å². The molecule has 5 nitrogen and oxygen atoms in total. The minimum absolute atomic E-state index is 0.144. The molecule has 0 aliphatic heterocycles. The van der Waals surface area contributed by atoms with Crippen LogP contribution in [0.25, 0.3) is 0 Å². The first kappa shape index (κ1) is 18.7. The van der Waals surface area contributed by atoms with E-state index in [2.05, 4.69) is 26.2 Å². The predicted octanol–water partition coefficient (Wildman–Crippen LogP) is 3.86. The molecule has 1 rings (SSSR count). The lowest BCUT2D eigenvalue weighted by Gasteiger charge is -2.23. The van der Waals surface area contributed by atoms with Crippen molar-refractivity contribution in [1.82, 2.24) is 10.3 Å². The quantitative estimate of drug-likeness (QED) is 0.818. The minimum atomic E-state index is -1.24. The Morgan fingerprint density at radius 3 is 2.77 bits per heavy atom. The molecule has 0 radical (unpaired) electrons. The number of halogens is 2. The van der Waals surface area contributed by atoms with Crippen molar-refractivity contribution in [1.29, 1.82) is 0 Å². The molecule has 0 bridgehead atoms. The van der Waals surface area contributed by atoms with Gasteiger partial charge in [-0.15, -0.1) is 0 Å². The van der Waals surface area contributed by atoms with Crippen LogP contribution in [0.5, 0.6) is 5.88 Å². The number of aromatic nitrogens is 1. The van der Waals surface area contributed by atoms with E-state index in [-0.39, 0.29) is 13.0 Å². The van der Waals surface area contributed by atoms with E-state index in [4.69, 9.17) is 9.47 Å². The molecule has 1 heterocycles. The molecule has 1 N–H and O–H groups in total. The van der Waals surface area contributed by atoms with Gasteiger partial charge < -0.3 is 14.8 Å². The average Bonchev–Trinajstić information content (AvgIpc) is 2.36. The zero-order valence-corrected chi connectivity index (χ0v) is 14.8. The SMILES string of the molecule is C[C@H](NC(=O)OC(C)(C)C)C(F)CCOc1cc(Br)ccn1. The van der Waals surface area contributed by atoms with Crippen LogP contribution in [0.3, 0.4) is 0 Å². The van der Waals surface area contributed by atoms with Crippen molar-refractivity contribution in [3.63, 3.8) is 0 Å². The van der Waals surface area contributed by atoms with Crippen LogP contribution in [0.2, 0.25) is 0 Å². The lowest BCUT2D eigenvalue weighted by molar-refractivity contribution is 0.0474. The topological polar surface area (TPSA) is 60.5 Å². The summed E-state index contributed by atoms with van der Waals surface area (Å²) in [7, 11) is 0. The van der Waals surface area contributed by atoms with E-state index in [1.165, 1.54) is 0 Å². The third-order valence-electron chi connectivity index (χ3n) is 2.63. The van der Waals surface area contributed by atoms with Crippen LogP contribution in [-0.4, -0.2) is 35.5 Å². The molecule has 22 heavy (non-hydrogen) atoms. The highest BCUT2D eigenvalue weighted by Gasteiger charge is 2.22. The lowest BCUT2D eigenvalue weighted by Crippen LogP contribution is -2.42. The minimum Gasteiger partial charge on any atom is -0.478 e. The number of pyridine rings is 1. The summed E-state index contributed by atoms with van der Waals surface area (Å²) in [5.74, 6) is 0.425. The Bertz CT molecular complexity index is 494. The highest BCUT2D eigenvalue weighted by atomic mass is 79.9. The van der Waals surface area contributed by atoms with Crippen molar-refractivity contribution >= 4 is 22.0 Å². The fourth-order valence-corrected chi connectivity index (χ4v) is 1.89. The van der Waals surface area contributed by atoms with E-state index in [0.29, 0.717) is 5.88 Å². The number of nitrogens with one attached hydrogen (secondary N) is 1. The number of amides is 1. The number of alkyl carbamates (subject to hydrolysis) is 1. The molecule has 0 spiro atoms. The molecule has 1 amide bonds. The number of ether oxygens (including phenoxy) is 2. The first-order chi connectivity index (χ1) is 10.2. The number of alkyl halides is 1. The number of rotatable bonds is 6. The number of hydrogen-bond donors (Lipinski definition) is 1. The van der Waals surface area contributed by atoms with E-state index in [9.17, 15) is 9.18 Å². The van der Waals surface area contributed by atoms with Gasteiger partial charge in [0.05, 0.1) is 12.6 Å². The third kappa shape index (κ3) is 7.59. The van der Waals surface area contributed by atoms with Crippen molar-refractivity contribution in [2.24, 2.45) is 0 Å². The summed E-state index contributed by atoms with van der Waals surface area (Å²) in [6.07, 6.45) is -0.124. The molecule has 124 valence electrons. The van der Waals surface area contributed by atoms with E-state index >= 15 is 0 Å². The summed E-state index contributed by atoms with van der Waals surface area (Å²) in [6.45, 7) is 7.02. The summed E-state index contributed by atoms with van der Waals surface area (Å²) in [4.78, 5) is 15.6. The maximum Gasteiger partial charge on any atom is 0.407 e. The molecule has 0 aromatic carbocycles. The summed E-state index contributed by atoms with van der Waals surface area (Å²) in [6, 6.07) is 2.82. The molecule has 0 aliphatic carbocycles. The Hall–Kier alpha value is -1.37. The van der Waals surface area contributed by atoms with Gasteiger partial charge in [0.15, 0.2) is 0 Å². The number of hydrogen-bond acceptors (Lipinski definition) is 4. The smallest absolute Gasteiger partial charge is 0.407 e. The molecule has 0 saturated heterocycles. The predicted molar refractivity (Wildman–Crippen MR) is 85.8 cm³/mol.